The van der Waals surface area contributed by atoms with Gasteiger partial charge in [-0.15, -0.1) is 0 Å². The Bertz CT molecular complexity index is 389. The van der Waals surface area contributed by atoms with Crippen molar-refractivity contribution in [2.75, 3.05) is 25.6 Å². The van der Waals surface area contributed by atoms with Crippen LogP contribution >= 0.6 is 15.9 Å². The van der Waals surface area contributed by atoms with E-state index in [0.29, 0.717) is 5.92 Å². The van der Waals surface area contributed by atoms with E-state index in [2.05, 4.69) is 15.9 Å². The zero-order valence-electron chi connectivity index (χ0n) is 10.0. The van der Waals surface area contributed by atoms with Crippen molar-refractivity contribution in [1.82, 2.24) is 0 Å². The third-order valence-corrected chi connectivity index (χ3v) is 3.76. The lowest BCUT2D eigenvalue weighted by Gasteiger charge is -2.22. The molecular weight excluding hydrogens is 282 g/mol. The summed E-state index contributed by atoms with van der Waals surface area (Å²) in [6, 6.07) is 3.88. The summed E-state index contributed by atoms with van der Waals surface area (Å²) < 4.78 is 12.1. The topological polar surface area (TPSA) is 44.5 Å². The molecule has 0 unspecified atom stereocenters. The van der Waals surface area contributed by atoms with E-state index in [0.717, 1.165) is 54.1 Å². The molecular formula is C13H18BrNO2. The van der Waals surface area contributed by atoms with Crippen molar-refractivity contribution in [1.29, 1.82) is 0 Å². The van der Waals surface area contributed by atoms with Crippen LogP contribution in [0, 0.1) is 12.8 Å². The summed E-state index contributed by atoms with van der Waals surface area (Å²) in [5.41, 5.74) is 7.66. The van der Waals surface area contributed by atoms with E-state index in [-0.39, 0.29) is 0 Å². The van der Waals surface area contributed by atoms with Gasteiger partial charge < -0.3 is 15.2 Å². The van der Waals surface area contributed by atoms with Gasteiger partial charge in [-0.1, -0.05) is 0 Å². The number of anilines is 1. The Balaban J connectivity index is 1.96. The second-order valence-corrected chi connectivity index (χ2v) is 5.36. The molecule has 4 heteroatoms. The molecule has 2 N–H and O–H groups in total. The molecule has 1 aromatic carbocycles. The minimum Gasteiger partial charge on any atom is -0.492 e. The Labute approximate surface area is 110 Å². The number of hydrogen-bond donors (Lipinski definition) is 1. The van der Waals surface area contributed by atoms with Crippen LogP contribution in [0.1, 0.15) is 18.4 Å². The summed E-state index contributed by atoms with van der Waals surface area (Å²) in [5.74, 6) is 1.48. The molecule has 17 heavy (non-hydrogen) atoms. The van der Waals surface area contributed by atoms with Crippen LogP contribution in [0.15, 0.2) is 16.6 Å². The van der Waals surface area contributed by atoms with E-state index in [1.54, 1.807) is 0 Å². The smallest absolute Gasteiger partial charge is 0.133 e. The summed E-state index contributed by atoms with van der Waals surface area (Å²) in [5, 5.41) is 0. The maximum absolute atomic E-state index is 5.85. The average Bonchev–Trinajstić information content (AvgIpc) is 2.33. The molecule has 94 valence electrons. The summed E-state index contributed by atoms with van der Waals surface area (Å²) >= 11 is 3.48. The minimum absolute atomic E-state index is 0.605. The average molecular weight is 300 g/mol. The van der Waals surface area contributed by atoms with E-state index in [4.69, 9.17) is 15.2 Å². The molecule has 0 saturated carbocycles. The van der Waals surface area contributed by atoms with Gasteiger partial charge in [0.1, 0.15) is 5.75 Å². The van der Waals surface area contributed by atoms with Gasteiger partial charge in [0.05, 0.1) is 11.1 Å². The molecule has 0 aromatic heterocycles. The van der Waals surface area contributed by atoms with Crippen molar-refractivity contribution >= 4 is 21.6 Å². The van der Waals surface area contributed by atoms with Crippen molar-refractivity contribution in [2.45, 2.75) is 19.8 Å². The Morgan fingerprint density at radius 3 is 2.82 bits per heavy atom. The molecule has 3 nitrogen and oxygen atoms in total. The molecule has 0 radical (unpaired) electrons. The van der Waals surface area contributed by atoms with E-state index in [1.165, 1.54) is 0 Å². The van der Waals surface area contributed by atoms with Crippen LogP contribution in [0.25, 0.3) is 0 Å². The van der Waals surface area contributed by atoms with Gasteiger partial charge in [0, 0.05) is 18.9 Å². The van der Waals surface area contributed by atoms with Gasteiger partial charge in [-0.25, -0.2) is 0 Å². The highest BCUT2D eigenvalue weighted by atomic mass is 79.9. The number of benzene rings is 1. The summed E-state index contributed by atoms with van der Waals surface area (Å²) in [4.78, 5) is 0. The Morgan fingerprint density at radius 1 is 1.41 bits per heavy atom. The van der Waals surface area contributed by atoms with Gasteiger partial charge in [0.25, 0.3) is 0 Å². The maximum atomic E-state index is 5.85. The summed E-state index contributed by atoms with van der Waals surface area (Å²) in [7, 11) is 0. The van der Waals surface area contributed by atoms with Crippen molar-refractivity contribution < 1.29 is 9.47 Å². The first-order valence-corrected chi connectivity index (χ1v) is 6.72. The van der Waals surface area contributed by atoms with Gasteiger partial charge >= 0.3 is 0 Å². The lowest BCUT2D eigenvalue weighted by molar-refractivity contribution is 0.0496. The van der Waals surface area contributed by atoms with Crippen molar-refractivity contribution in [3.05, 3.63) is 22.2 Å². The summed E-state index contributed by atoms with van der Waals surface area (Å²) in [6.45, 7) is 4.46. The monoisotopic (exact) mass is 299 g/mol. The normalized spacial score (nSPS) is 17.1. The number of rotatable bonds is 3. The second kappa shape index (κ2) is 5.74. The first kappa shape index (κ1) is 12.7. The standard InChI is InChI=1S/C13H18BrNO2/c1-9-6-13(11(14)7-12(9)15)17-8-10-2-4-16-5-3-10/h6-7,10H,2-5,8,15H2,1H3. The number of hydrogen-bond acceptors (Lipinski definition) is 3. The second-order valence-electron chi connectivity index (χ2n) is 4.51. The third-order valence-electron chi connectivity index (χ3n) is 3.14. The lowest BCUT2D eigenvalue weighted by atomic mass is 10.0. The van der Waals surface area contributed by atoms with Crippen LogP contribution in [-0.2, 0) is 4.74 Å². The SMILES string of the molecule is Cc1cc(OCC2CCOCC2)c(Br)cc1N. The molecule has 0 bridgehead atoms. The predicted octanol–water partition coefficient (Wildman–Crippen LogP) is 3.15. The Morgan fingerprint density at radius 2 is 2.12 bits per heavy atom. The molecule has 1 heterocycles. The van der Waals surface area contributed by atoms with Gasteiger partial charge in [-0.2, -0.15) is 0 Å². The molecule has 0 atom stereocenters. The quantitative estimate of drug-likeness (QED) is 0.872. The van der Waals surface area contributed by atoms with Crippen LogP contribution in [0.3, 0.4) is 0 Å². The van der Waals surface area contributed by atoms with Gasteiger partial charge in [0.15, 0.2) is 0 Å². The molecule has 1 aliphatic rings. The molecule has 1 saturated heterocycles. The van der Waals surface area contributed by atoms with E-state index >= 15 is 0 Å². The third kappa shape index (κ3) is 3.36. The number of ether oxygens (including phenoxy) is 2. The van der Waals surface area contributed by atoms with E-state index in [1.807, 2.05) is 19.1 Å². The molecule has 1 aliphatic heterocycles. The van der Waals surface area contributed by atoms with Gasteiger partial charge in [-0.05, 0) is 59.3 Å². The predicted molar refractivity (Wildman–Crippen MR) is 72.3 cm³/mol. The largest absolute Gasteiger partial charge is 0.492 e. The molecule has 1 aromatic rings. The van der Waals surface area contributed by atoms with Gasteiger partial charge in [-0.3, -0.25) is 0 Å². The number of halogens is 1. The molecule has 1 fully saturated rings. The highest BCUT2D eigenvalue weighted by Crippen LogP contribution is 2.30. The Hall–Kier alpha value is -0.740. The fraction of sp³-hybridized carbons (Fsp3) is 0.538. The number of nitrogens with two attached hydrogens (primary N) is 1. The van der Waals surface area contributed by atoms with Crippen LogP contribution < -0.4 is 10.5 Å². The fourth-order valence-corrected chi connectivity index (χ4v) is 2.38. The Kier molecular flexibility index (Phi) is 4.29. The van der Waals surface area contributed by atoms with Crippen molar-refractivity contribution in [3.8, 4) is 5.75 Å². The maximum Gasteiger partial charge on any atom is 0.133 e. The minimum atomic E-state index is 0.605. The first-order chi connectivity index (χ1) is 8.16. The van der Waals surface area contributed by atoms with E-state index < -0.39 is 0 Å². The van der Waals surface area contributed by atoms with Crippen LogP contribution in [0.2, 0.25) is 0 Å². The zero-order chi connectivity index (χ0) is 12.3. The highest BCUT2D eigenvalue weighted by molar-refractivity contribution is 9.10. The number of nitrogen functional groups attached to an aromatic ring is 1. The van der Waals surface area contributed by atoms with E-state index in [9.17, 15) is 0 Å². The molecule has 0 spiro atoms. The van der Waals surface area contributed by atoms with Crippen LogP contribution in [0.4, 0.5) is 5.69 Å². The molecule has 0 aliphatic carbocycles. The van der Waals surface area contributed by atoms with Crippen LogP contribution in [0.5, 0.6) is 5.75 Å². The fourth-order valence-electron chi connectivity index (χ4n) is 1.90. The summed E-state index contributed by atoms with van der Waals surface area (Å²) in [6.07, 6.45) is 2.18. The lowest BCUT2D eigenvalue weighted by Crippen LogP contribution is -2.21. The van der Waals surface area contributed by atoms with Gasteiger partial charge in [0.2, 0.25) is 0 Å². The van der Waals surface area contributed by atoms with Crippen molar-refractivity contribution in [3.63, 3.8) is 0 Å². The van der Waals surface area contributed by atoms with Crippen molar-refractivity contribution in [2.24, 2.45) is 5.92 Å². The number of aryl methyl sites for hydroxylation is 1. The first-order valence-electron chi connectivity index (χ1n) is 5.93. The highest BCUT2D eigenvalue weighted by Gasteiger charge is 2.15. The molecule has 0 amide bonds. The zero-order valence-corrected chi connectivity index (χ0v) is 11.6. The van der Waals surface area contributed by atoms with Crippen LogP contribution in [-0.4, -0.2) is 19.8 Å². The molecule has 2 rings (SSSR count).